The third-order valence-electron chi connectivity index (χ3n) is 0.913. The maximum atomic E-state index is 3.66. The quantitative estimate of drug-likeness (QED) is 0.414. The molecule has 4 nitrogen and oxygen atoms in total. The predicted octanol–water partition coefficient (Wildman–Crippen LogP) is -0.785. The highest BCUT2D eigenvalue weighted by Gasteiger charge is 2.08. The lowest BCUT2D eigenvalue weighted by atomic mass is 10.7. The van der Waals surface area contributed by atoms with Crippen molar-refractivity contribution < 1.29 is 5.01 Å². The summed E-state index contributed by atoms with van der Waals surface area (Å²) in [7, 11) is 1.88. The highest BCUT2D eigenvalue weighted by Crippen LogP contribution is 1.76. The minimum Gasteiger partial charge on any atom is -0.145 e. The van der Waals surface area contributed by atoms with Gasteiger partial charge in [-0.15, -0.1) is 5.01 Å². The van der Waals surface area contributed by atoms with Crippen LogP contribution in [-0.2, 0) is 0 Å². The van der Waals surface area contributed by atoms with Crippen molar-refractivity contribution in [2.45, 2.75) is 6.92 Å². The van der Waals surface area contributed by atoms with Gasteiger partial charge in [0.1, 0.15) is 0 Å². The summed E-state index contributed by atoms with van der Waals surface area (Å²) in [5.74, 6) is 0.917. The van der Waals surface area contributed by atoms with Gasteiger partial charge >= 0.3 is 0 Å². The lowest BCUT2D eigenvalue weighted by molar-refractivity contribution is -0.791. The van der Waals surface area contributed by atoms with E-state index in [2.05, 4.69) is 15.5 Å². The third-order valence-corrected chi connectivity index (χ3v) is 0.913. The Kier molecular flexibility index (Phi) is 0.867. The SMILES string of the molecule is CC1=NN=N[NH+]1C. The van der Waals surface area contributed by atoms with E-state index in [1.54, 1.807) is 0 Å². The van der Waals surface area contributed by atoms with E-state index in [9.17, 15) is 0 Å². The molecule has 1 heterocycles. The Morgan fingerprint density at radius 3 is 2.43 bits per heavy atom. The zero-order valence-electron chi connectivity index (χ0n) is 4.34. The van der Waals surface area contributed by atoms with Gasteiger partial charge in [-0.05, 0) is 0 Å². The Bertz CT molecular complexity index is 125. The molecular formula is C3H7N4+. The maximum absolute atomic E-state index is 3.66. The molecule has 1 aliphatic heterocycles. The van der Waals surface area contributed by atoms with Crippen LogP contribution in [0.2, 0.25) is 0 Å². The Hall–Kier alpha value is -0.770. The fourth-order valence-corrected chi connectivity index (χ4v) is 0.301. The van der Waals surface area contributed by atoms with E-state index in [-0.39, 0.29) is 0 Å². The smallest absolute Gasteiger partial charge is 0.145 e. The molecule has 0 fully saturated rings. The molecule has 1 rings (SSSR count). The van der Waals surface area contributed by atoms with Crippen LogP contribution in [0.3, 0.4) is 0 Å². The largest absolute Gasteiger partial charge is 0.247 e. The van der Waals surface area contributed by atoms with Gasteiger partial charge in [0.25, 0.3) is 0 Å². The van der Waals surface area contributed by atoms with E-state index in [4.69, 9.17) is 0 Å². The molecular weight excluding hydrogens is 92.1 g/mol. The molecule has 0 saturated heterocycles. The molecule has 0 aliphatic carbocycles. The summed E-state index contributed by atoms with van der Waals surface area (Å²) in [5, 5.41) is 11.6. The fourth-order valence-electron chi connectivity index (χ4n) is 0.301. The van der Waals surface area contributed by atoms with Gasteiger partial charge in [-0.1, -0.05) is 5.10 Å². The summed E-state index contributed by atoms with van der Waals surface area (Å²) in [4.78, 5) is 0. The zero-order chi connectivity index (χ0) is 5.28. The second-order valence-corrected chi connectivity index (χ2v) is 1.46. The molecule has 0 aromatic carbocycles. The Morgan fingerprint density at radius 1 is 1.57 bits per heavy atom. The highest BCUT2D eigenvalue weighted by molar-refractivity contribution is 5.70. The van der Waals surface area contributed by atoms with Gasteiger partial charge in [0.2, 0.25) is 5.84 Å². The van der Waals surface area contributed by atoms with Crippen LogP contribution in [0.5, 0.6) is 0 Å². The van der Waals surface area contributed by atoms with Crippen LogP contribution in [-0.4, -0.2) is 12.9 Å². The Morgan fingerprint density at radius 2 is 2.29 bits per heavy atom. The molecule has 0 aromatic heterocycles. The van der Waals surface area contributed by atoms with Gasteiger partial charge in [-0.25, -0.2) is 0 Å². The maximum Gasteiger partial charge on any atom is 0.247 e. The van der Waals surface area contributed by atoms with Crippen molar-refractivity contribution in [2.24, 2.45) is 15.5 Å². The summed E-state index contributed by atoms with van der Waals surface area (Å²) in [5.41, 5.74) is 0. The molecule has 0 radical (unpaired) electrons. The van der Waals surface area contributed by atoms with Crippen LogP contribution in [0.15, 0.2) is 15.5 Å². The number of hydrogen-bond donors (Lipinski definition) is 1. The second-order valence-electron chi connectivity index (χ2n) is 1.46. The number of quaternary nitrogens is 1. The monoisotopic (exact) mass is 99.1 g/mol. The first-order chi connectivity index (χ1) is 3.30. The number of amidine groups is 1. The molecule has 0 spiro atoms. The average molecular weight is 99.1 g/mol. The molecule has 4 heteroatoms. The van der Waals surface area contributed by atoms with Gasteiger partial charge < -0.3 is 0 Å². The zero-order valence-corrected chi connectivity index (χ0v) is 4.34. The summed E-state index contributed by atoms with van der Waals surface area (Å²) >= 11 is 0. The van der Waals surface area contributed by atoms with E-state index in [1.165, 1.54) is 0 Å². The molecule has 0 saturated carbocycles. The molecule has 7 heavy (non-hydrogen) atoms. The standard InChI is InChI=1S/C3H6N4/c1-3-4-5-6-7(3)2/h1-2H3/p+1. The molecule has 0 aromatic rings. The van der Waals surface area contributed by atoms with Crippen molar-refractivity contribution in [3.05, 3.63) is 0 Å². The average Bonchev–Trinajstić information content (AvgIpc) is 1.91. The van der Waals surface area contributed by atoms with Gasteiger partial charge in [-0.2, -0.15) is 0 Å². The van der Waals surface area contributed by atoms with Crippen molar-refractivity contribution in [3.63, 3.8) is 0 Å². The van der Waals surface area contributed by atoms with Crippen molar-refractivity contribution in [2.75, 3.05) is 7.05 Å². The summed E-state index contributed by atoms with van der Waals surface area (Å²) < 4.78 is 0. The van der Waals surface area contributed by atoms with Gasteiger partial charge in [0.05, 0.1) is 12.3 Å². The van der Waals surface area contributed by atoms with Crippen LogP contribution in [0, 0.1) is 0 Å². The van der Waals surface area contributed by atoms with Crippen LogP contribution in [0.1, 0.15) is 6.92 Å². The van der Waals surface area contributed by atoms with E-state index < -0.39 is 0 Å². The number of nitrogens with one attached hydrogen (secondary N) is 1. The lowest BCUT2D eigenvalue weighted by Crippen LogP contribution is -3.05. The second kappa shape index (κ2) is 1.38. The van der Waals surface area contributed by atoms with Crippen LogP contribution in [0.25, 0.3) is 0 Å². The highest BCUT2D eigenvalue weighted by atomic mass is 15.7. The first-order valence-electron chi connectivity index (χ1n) is 2.10. The molecule has 1 N–H and O–H groups in total. The summed E-state index contributed by atoms with van der Waals surface area (Å²) in [6, 6.07) is 0. The number of rotatable bonds is 0. The molecule has 38 valence electrons. The number of hydrogen-bond acceptors (Lipinski definition) is 3. The summed E-state index contributed by atoms with van der Waals surface area (Å²) in [6.07, 6.45) is 0. The van der Waals surface area contributed by atoms with Gasteiger partial charge in [-0.3, -0.25) is 0 Å². The Labute approximate surface area is 41.5 Å². The molecule has 1 unspecified atom stereocenters. The Balaban J connectivity index is 2.69. The van der Waals surface area contributed by atoms with Crippen molar-refractivity contribution in [1.82, 2.24) is 0 Å². The van der Waals surface area contributed by atoms with E-state index in [0.29, 0.717) is 0 Å². The minimum atomic E-state index is 0.917. The van der Waals surface area contributed by atoms with Crippen molar-refractivity contribution in [1.29, 1.82) is 0 Å². The molecule has 0 amide bonds. The van der Waals surface area contributed by atoms with Crippen molar-refractivity contribution in [3.8, 4) is 0 Å². The predicted molar refractivity (Wildman–Crippen MR) is 24.9 cm³/mol. The van der Waals surface area contributed by atoms with Crippen LogP contribution < -0.4 is 5.01 Å². The fraction of sp³-hybridized carbons (Fsp3) is 0.667. The third kappa shape index (κ3) is 0.640. The molecule has 0 bridgehead atoms. The minimum absolute atomic E-state index is 0.917. The first kappa shape index (κ1) is 4.39. The van der Waals surface area contributed by atoms with Crippen LogP contribution in [0.4, 0.5) is 0 Å². The topological polar surface area (TPSA) is 41.5 Å². The van der Waals surface area contributed by atoms with E-state index in [1.807, 2.05) is 14.0 Å². The normalized spacial score (nSPS) is 28.3. The van der Waals surface area contributed by atoms with Crippen LogP contribution >= 0.6 is 0 Å². The van der Waals surface area contributed by atoms with Gasteiger partial charge in [0.15, 0.2) is 0 Å². The van der Waals surface area contributed by atoms with Gasteiger partial charge in [0, 0.05) is 12.1 Å². The lowest BCUT2D eigenvalue weighted by Gasteiger charge is -1.90. The molecule has 1 atom stereocenters. The van der Waals surface area contributed by atoms with Crippen molar-refractivity contribution >= 4 is 5.84 Å². The van der Waals surface area contributed by atoms with E-state index in [0.717, 1.165) is 10.8 Å². The first-order valence-corrected chi connectivity index (χ1v) is 2.10. The molecule has 1 aliphatic rings. The van der Waals surface area contributed by atoms with E-state index >= 15 is 0 Å². The number of nitrogens with zero attached hydrogens (tertiary/aromatic N) is 3. The summed E-state index contributed by atoms with van der Waals surface area (Å²) in [6.45, 7) is 1.88.